The number of hydrogen-bond acceptors (Lipinski definition) is 4. The van der Waals surface area contributed by atoms with E-state index in [4.69, 9.17) is 0 Å². The van der Waals surface area contributed by atoms with Gasteiger partial charge in [0.15, 0.2) is 5.16 Å². The van der Waals surface area contributed by atoms with Crippen molar-refractivity contribution in [3.05, 3.63) is 40.3 Å². The molecular weight excluding hydrogens is 357 g/mol. The molecule has 25 heavy (non-hydrogen) atoms. The zero-order chi connectivity index (χ0) is 18.6. The number of nitrogens with zero attached hydrogens (tertiary/aromatic N) is 2. The molecule has 1 atom stereocenters. The fourth-order valence-corrected chi connectivity index (χ4v) is 2.92. The zero-order valence-corrected chi connectivity index (χ0v) is 14.4. The highest BCUT2D eigenvalue weighted by Crippen LogP contribution is 2.31. The second-order valence-corrected chi connectivity index (χ2v) is 6.60. The molecule has 0 saturated carbocycles. The molecule has 0 aliphatic carbocycles. The molecule has 0 bridgehead atoms. The van der Waals surface area contributed by atoms with Gasteiger partial charge in [-0.3, -0.25) is 9.36 Å². The summed E-state index contributed by atoms with van der Waals surface area (Å²) >= 11 is 1.05. The van der Waals surface area contributed by atoms with Crippen LogP contribution in [0.1, 0.15) is 25.8 Å². The van der Waals surface area contributed by atoms with Gasteiger partial charge in [-0.25, -0.2) is 9.89 Å². The van der Waals surface area contributed by atoms with Gasteiger partial charge in [0.25, 0.3) is 0 Å². The predicted molar refractivity (Wildman–Crippen MR) is 88.5 cm³/mol. The van der Waals surface area contributed by atoms with E-state index in [1.807, 2.05) is 6.92 Å². The Morgan fingerprint density at radius 3 is 2.80 bits per heavy atom. The van der Waals surface area contributed by atoms with Crippen LogP contribution in [-0.2, 0) is 17.5 Å². The Bertz CT molecular complexity index is 801. The minimum Gasteiger partial charge on any atom is -0.325 e. The number of aromatic amines is 1. The average molecular weight is 374 g/mol. The maximum absolute atomic E-state index is 12.7. The Kier molecular flexibility index (Phi) is 5.93. The summed E-state index contributed by atoms with van der Waals surface area (Å²) in [6.07, 6.45) is -3.76. The summed E-state index contributed by atoms with van der Waals surface area (Å²) < 4.78 is 39.5. The number of nitrogens with one attached hydrogen (secondary N) is 2. The van der Waals surface area contributed by atoms with Gasteiger partial charge in [0.1, 0.15) is 0 Å². The lowest BCUT2D eigenvalue weighted by atomic mass is 10.2. The largest absolute Gasteiger partial charge is 0.416 e. The fraction of sp³-hybridized carbons (Fsp3) is 0.400. The first-order valence-corrected chi connectivity index (χ1v) is 8.40. The number of alkyl halides is 3. The maximum Gasteiger partial charge on any atom is 0.416 e. The van der Waals surface area contributed by atoms with E-state index in [0.29, 0.717) is 11.7 Å². The molecule has 0 spiro atoms. The second-order valence-electron chi connectivity index (χ2n) is 5.29. The van der Waals surface area contributed by atoms with Crippen LogP contribution in [0.25, 0.3) is 0 Å². The quantitative estimate of drug-likeness (QED) is 0.762. The van der Waals surface area contributed by atoms with Gasteiger partial charge in [-0.05, 0) is 31.5 Å². The molecule has 6 nitrogen and oxygen atoms in total. The van der Waals surface area contributed by atoms with Crippen LogP contribution in [0.5, 0.6) is 0 Å². The van der Waals surface area contributed by atoms with E-state index < -0.39 is 22.9 Å². The third kappa shape index (κ3) is 4.88. The second kappa shape index (κ2) is 7.77. The fourth-order valence-electron chi connectivity index (χ4n) is 2.04. The summed E-state index contributed by atoms with van der Waals surface area (Å²) in [6, 6.07) is 4.41. The van der Waals surface area contributed by atoms with E-state index >= 15 is 0 Å². The summed E-state index contributed by atoms with van der Waals surface area (Å²) in [5.74, 6) is -0.483. The van der Waals surface area contributed by atoms with Crippen molar-refractivity contribution in [2.24, 2.45) is 0 Å². The lowest BCUT2D eigenvalue weighted by Gasteiger charge is -2.13. The molecule has 1 amide bonds. The number of aromatic nitrogens is 3. The smallest absolute Gasteiger partial charge is 0.325 e. The molecule has 1 heterocycles. The lowest BCUT2D eigenvalue weighted by molar-refractivity contribution is -0.137. The number of thioether (sulfide) groups is 1. The van der Waals surface area contributed by atoms with Crippen molar-refractivity contribution in [1.82, 2.24) is 14.8 Å². The summed E-state index contributed by atoms with van der Waals surface area (Å²) in [5, 5.41) is 8.34. The predicted octanol–water partition coefficient (Wildman–Crippen LogP) is 3.12. The number of halogens is 3. The van der Waals surface area contributed by atoms with E-state index in [1.165, 1.54) is 16.7 Å². The van der Waals surface area contributed by atoms with Gasteiger partial charge in [-0.1, -0.05) is 24.8 Å². The molecule has 1 unspecified atom stereocenters. The van der Waals surface area contributed by atoms with Gasteiger partial charge in [-0.2, -0.15) is 13.2 Å². The molecule has 0 saturated heterocycles. The van der Waals surface area contributed by atoms with Gasteiger partial charge in [0.2, 0.25) is 5.91 Å². The van der Waals surface area contributed by atoms with Gasteiger partial charge >= 0.3 is 11.9 Å². The van der Waals surface area contributed by atoms with Crippen molar-refractivity contribution >= 4 is 23.4 Å². The highest BCUT2D eigenvalue weighted by atomic mass is 32.2. The number of hydrogen-bond donors (Lipinski definition) is 2. The van der Waals surface area contributed by atoms with E-state index in [2.05, 4.69) is 15.5 Å². The van der Waals surface area contributed by atoms with Crippen molar-refractivity contribution in [3.63, 3.8) is 0 Å². The minimum absolute atomic E-state index is 0.0558. The highest BCUT2D eigenvalue weighted by molar-refractivity contribution is 8.00. The van der Waals surface area contributed by atoms with Crippen LogP contribution in [0.4, 0.5) is 18.9 Å². The summed E-state index contributed by atoms with van der Waals surface area (Å²) in [4.78, 5) is 23.8. The Morgan fingerprint density at radius 1 is 1.44 bits per heavy atom. The summed E-state index contributed by atoms with van der Waals surface area (Å²) in [5.41, 5.74) is -1.15. The molecule has 0 fully saturated rings. The monoisotopic (exact) mass is 374 g/mol. The number of amides is 1. The number of benzene rings is 1. The Hall–Kier alpha value is -2.23. The highest BCUT2D eigenvalue weighted by Gasteiger charge is 2.30. The summed E-state index contributed by atoms with van der Waals surface area (Å²) in [7, 11) is 0. The van der Waals surface area contributed by atoms with E-state index in [0.717, 1.165) is 30.3 Å². The molecule has 2 rings (SSSR count). The number of rotatable bonds is 6. The van der Waals surface area contributed by atoms with Gasteiger partial charge in [0, 0.05) is 12.2 Å². The first kappa shape index (κ1) is 19.1. The van der Waals surface area contributed by atoms with Crippen molar-refractivity contribution in [2.45, 2.75) is 43.4 Å². The molecule has 1 aromatic heterocycles. The normalized spacial score (nSPS) is 12.8. The summed E-state index contributed by atoms with van der Waals surface area (Å²) in [6.45, 7) is 3.94. The SMILES string of the molecule is CCCn1c(SC(C)C(=O)Nc2cccc(C(F)(F)F)c2)n[nH]c1=O. The molecule has 1 aromatic carbocycles. The maximum atomic E-state index is 12.7. The third-order valence-corrected chi connectivity index (χ3v) is 4.37. The number of carbonyl (C=O) groups excluding carboxylic acids is 1. The molecule has 0 radical (unpaired) electrons. The van der Waals surface area contributed by atoms with E-state index in [1.54, 1.807) is 6.92 Å². The van der Waals surface area contributed by atoms with Crippen LogP contribution in [-0.4, -0.2) is 25.9 Å². The number of H-pyrrole nitrogens is 1. The molecule has 10 heteroatoms. The molecular formula is C15H17F3N4O2S. The first-order chi connectivity index (χ1) is 11.7. The van der Waals surface area contributed by atoms with Gasteiger partial charge in [0.05, 0.1) is 10.8 Å². The average Bonchev–Trinajstić information content (AvgIpc) is 2.88. The molecule has 2 N–H and O–H groups in total. The lowest BCUT2D eigenvalue weighted by Crippen LogP contribution is -2.24. The van der Waals surface area contributed by atoms with Crippen LogP contribution < -0.4 is 11.0 Å². The Labute approximate surface area is 145 Å². The van der Waals surface area contributed by atoms with Crippen LogP contribution >= 0.6 is 11.8 Å². The Balaban J connectivity index is 2.07. The van der Waals surface area contributed by atoms with Crippen molar-refractivity contribution in [3.8, 4) is 0 Å². The number of anilines is 1. The van der Waals surface area contributed by atoms with Crippen LogP contribution in [0.2, 0.25) is 0 Å². The molecule has 2 aromatic rings. The first-order valence-electron chi connectivity index (χ1n) is 7.52. The van der Waals surface area contributed by atoms with Crippen LogP contribution in [0, 0.1) is 0 Å². The Morgan fingerprint density at radius 2 is 2.16 bits per heavy atom. The molecule has 0 aliphatic rings. The van der Waals surface area contributed by atoms with E-state index in [-0.39, 0.29) is 11.4 Å². The zero-order valence-electron chi connectivity index (χ0n) is 13.6. The van der Waals surface area contributed by atoms with Gasteiger partial charge in [-0.15, -0.1) is 5.10 Å². The van der Waals surface area contributed by atoms with Crippen LogP contribution in [0.3, 0.4) is 0 Å². The standard InChI is InChI=1S/C15H17F3N4O2S/c1-3-7-22-13(24)20-21-14(22)25-9(2)12(23)19-11-6-4-5-10(8-11)15(16,17)18/h4-6,8-9H,3,7H2,1-2H3,(H,19,23)(H,20,24). The third-order valence-electron chi connectivity index (χ3n) is 3.28. The minimum atomic E-state index is -4.48. The van der Waals surface area contributed by atoms with Gasteiger partial charge < -0.3 is 5.32 Å². The van der Waals surface area contributed by atoms with Crippen molar-refractivity contribution < 1.29 is 18.0 Å². The molecule has 136 valence electrons. The van der Waals surface area contributed by atoms with Crippen molar-refractivity contribution in [1.29, 1.82) is 0 Å². The number of carbonyl (C=O) groups is 1. The van der Waals surface area contributed by atoms with Crippen LogP contribution in [0.15, 0.2) is 34.2 Å². The van der Waals surface area contributed by atoms with Crippen molar-refractivity contribution in [2.75, 3.05) is 5.32 Å². The topological polar surface area (TPSA) is 79.8 Å². The van der Waals surface area contributed by atoms with E-state index in [9.17, 15) is 22.8 Å². The molecule has 0 aliphatic heterocycles.